The van der Waals surface area contributed by atoms with Gasteiger partial charge in [-0.3, -0.25) is 28.8 Å². The van der Waals surface area contributed by atoms with Crippen molar-refractivity contribution >= 4 is 80.8 Å². The number of amides is 2. The number of unbranched alkanes of at least 4 members (excludes halogenated alkanes) is 2. The molecule has 4 N–H and O–H groups in total. The molecule has 0 unspecified atom stereocenters. The summed E-state index contributed by atoms with van der Waals surface area (Å²) >= 11 is 15.6. The zero-order valence-electron chi connectivity index (χ0n) is 60.3. The molecule has 24 heteroatoms. The van der Waals surface area contributed by atoms with Gasteiger partial charge in [0.15, 0.2) is 11.6 Å². The molecule has 6 heterocycles. The predicted octanol–water partition coefficient (Wildman–Crippen LogP) is 15.4. The van der Waals surface area contributed by atoms with E-state index in [0.29, 0.717) is 130 Å². The van der Waals surface area contributed by atoms with Crippen LogP contribution in [0.1, 0.15) is 253 Å². The molecule has 2 aliphatic heterocycles. The summed E-state index contributed by atoms with van der Waals surface area (Å²) in [5.41, 5.74) is 16.0. The molecule has 6 atom stereocenters. The van der Waals surface area contributed by atoms with Gasteiger partial charge in [0.2, 0.25) is 46.8 Å². The van der Waals surface area contributed by atoms with Crippen molar-refractivity contribution < 1.29 is 47.3 Å². The molecule has 7 aromatic rings. The van der Waals surface area contributed by atoms with Crippen molar-refractivity contribution in [1.82, 2.24) is 40.0 Å². The third-order valence-corrected chi connectivity index (χ3v) is 24.3. The van der Waals surface area contributed by atoms with Crippen LogP contribution in [0.5, 0.6) is 0 Å². The van der Waals surface area contributed by atoms with E-state index in [1.54, 1.807) is 32.5 Å². The Balaban J connectivity index is 0.000000208. The molecule has 5 aliphatic rings. The molecule has 0 bridgehead atoms. The van der Waals surface area contributed by atoms with Gasteiger partial charge in [0.25, 0.3) is 0 Å². The molecule has 0 radical (unpaired) electrons. The van der Waals surface area contributed by atoms with E-state index in [4.69, 9.17) is 63.2 Å². The lowest BCUT2D eigenvalue weighted by atomic mass is 9.87. The second-order valence-electron chi connectivity index (χ2n) is 29.3. The molecule has 104 heavy (non-hydrogen) atoms. The number of rotatable bonds is 34. The van der Waals surface area contributed by atoms with Crippen molar-refractivity contribution in [3.8, 4) is 0 Å². The van der Waals surface area contributed by atoms with E-state index in [9.17, 15) is 28.8 Å². The number of hydrogen-bond donors (Lipinski definition) is 2. The number of Topliss-reactive ketones (excluding diaryl/α,β-unsaturated/α-hetero) is 4. The smallest absolute Gasteiger partial charge is 0.238 e. The third kappa shape index (κ3) is 22.2. The maximum absolute atomic E-state index is 14.3. The van der Waals surface area contributed by atoms with Gasteiger partial charge in [-0.1, -0.05) is 159 Å². The van der Waals surface area contributed by atoms with Crippen molar-refractivity contribution in [2.24, 2.45) is 29.2 Å². The second kappa shape index (κ2) is 39.2. The summed E-state index contributed by atoms with van der Waals surface area (Å²) in [6.07, 6.45) is 22.9. The quantitative estimate of drug-likeness (QED) is 0.0280. The normalized spacial score (nSPS) is 19.6. The summed E-state index contributed by atoms with van der Waals surface area (Å²) in [7, 11) is 0. The van der Waals surface area contributed by atoms with Crippen LogP contribution in [-0.2, 0) is 67.5 Å². The average molecular weight is 1500 g/mol. The lowest BCUT2D eigenvalue weighted by Gasteiger charge is -2.25. The maximum atomic E-state index is 14.3. The number of thiazole rings is 2. The highest BCUT2D eigenvalue weighted by Crippen LogP contribution is 2.39. The molecule has 2 saturated heterocycles. The first-order valence-corrected chi connectivity index (χ1v) is 40.4. The van der Waals surface area contributed by atoms with Gasteiger partial charge in [0.1, 0.15) is 0 Å². The highest BCUT2D eigenvalue weighted by Gasteiger charge is 2.44. The Labute approximate surface area is 629 Å². The van der Waals surface area contributed by atoms with E-state index in [1.165, 1.54) is 57.8 Å². The lowest BCUT2D eigenvalue weighted by molar-refractivity contribution is -0.137. The second-order valence-corrected chi connectivity index (χ2v) is 32.6. The van der Waals surface area contributed by atoms with Crippen LogP contribution >= 0.6 is 45.9 Å². The molecule has 3 aliphatic carbocycles. The predicted molar refractivity (Wildman–Crippen MR) is 402 cm³/mol. The molecule has 3 aromatic carbocycles. The van der Waals surface area contributed by atoms with Crippen LogP contribution in [0.15, 0.2) is 87.9 Å². The number of ketones is 4. The number of benzene rings is 3. The van der Waals surface area contributed by atoms with Crippen LogP contribution in [0.4, 0.5) is 0 Å². The van der Waals surface area contributed by atoms with Gasteiger partial charge in [-0.15, -0.1) is 22.7 Å². The van der Waals surface area contributed by atoms with Gasteiger partial charge < -0.3 is 39.8 Å². The highest BCUT2D eigenvalue weighted by atomic mass is 35.5. The summed E-state index contributed by atoms with van der Waals surface area (Å²) in [5, 5.41) is 11.6. The van der Waals surface area contributed by atoms with Crippen molar-refractivity contribution in [1.29, 1.82) is 0 Å². The zero-order valence-corrected chi connectivity index (χ0v) is 63.5. The molecule has 20 nitrogen and oxygen atoms in total. The minimum absolute atomic E-state index is 0.0180. The Morgan fingerprint density at radius 1 is 0.529 bits per heavy atom. The van der Waals surface area contributed by atoms with E-state index in [2.05, 4.69) is 20.3 Å². The maximum Gasteiger partial charge on any atom is 0.238 e. The molecule has 2 amide bonds. The van der Waals surface area contributed by atoms with Gasteiger partial charge in [-0.05, 0) is 138 Å². The number of likely N-dealkylation sites (tertiary alicyclic amines) is 2. The average Bonchev–Trinajstić information content (AvgIpc) is 1.66. The summed E-state index contributed by atoms with van der Waals surface area (Å²) in [6, 6.07) is 23.1. The minimum Gasteiger partial charge on any atom is -0.372 e. The van der Waals surface area contributed by atoms with Crippen molar-refractivity contribution in [3.63, 3.8) is 0 Å². The van der Waals surface area contributed by atoms with E-state index in [0.717, 1.165) is 92.8 Å². The first kappa shape index (κ1) is 78.3. The summed E-state index contributed by atoms with van der Waals surface area (Å²) < 4.78 is 23.6. The zero-order chi connectivity index (χ0) is 72.9. The number of carbonyl (C=O) groups is 6. The Bertz CT molecular complexity index is 3920. The van der Waals surface area contributed by atoms with Crippen molar-refractivity contribution in [2.45, 2.75) is 249 Å². The van der Waals surface area contributed by atoms with Crippen LogP contribution < -0.4 is 11.5 Å². The van der Waals surface area contributed by atoms with E-state index in [-0.39, 0.29) is 91.0 Å². The van der Waals surface area contributed by atoms with Crippen LogP contribution in [0.2, 0.25) is 10.0 Å². The molecular weight excluding hydrogens is 1400 g/mol. The third-order valence-electron chi connectivity index (χ3n) is 21.5. The van der Waals surface area contributed by atoms with Gasteiger partial charge in [-0.2, -0.15) is 9.97 Å². The number of carbonyl (C=O) groups excluding carboxylic acids is 6. The van der Waals surface area contributed by atoms with Crippen LogP contribution in [-0.4, -0.2) is 125 Å². The van der Waals surface area contributed by atoms with Gasteiger partial charge in [0.05, 0.1) is 78.2 Å². The molecule has 0 spiro atoms. The first-order chi connectivity index (χ1) is 50.5. The SMILES string of the molecule is Cc1sc(C2CCCCC2)nc1CC(=O)N1C[C@H](OCc2ccc(Cl)cc2)C[C@H]1C(=O)C[C@@H](CCCCN)C(=O)c1noc(CC2CCCCC2)n1.Cc1sc(C2CCCCC2)nc1CC(=O)N1C[C@H](OCc2ccc(Cl)cc2)C[C@H]1C(=O)C[C@@H](CCCCN)C(=O)c1noc(Cc2ccccc2)n1. The number of nitrogens with zero attached hydrogens (tertiary/aromatic N) is 8. The number of aromatic nitrogens is 6. The summed E-state index contributed by atoms with van der Waals surface area (Å²) in [5.74, 6) is -0.341. The Morgan fingerprint density at radius 2 is 0.952 bits per heavy atom. The molecule has 12 rings (SSSR count). The summed E-state index contributed by atoms with van der Waals surface area (Å²) in [4.78, 5) is 109. The lowest BCUT2D eigenvalue weighted by Crippen LogP contribution is -2.42. The fraction of sp³-hybridized carbons (Fsp3) is 0.575. The number of ether oxygens (including phenoxy) is 2. The number of aryl methyl sites for hydroxylation is 2. The fourth-order valence-corrected chi connectivity index (χ4v) is 17.9. The number of hydrogen-bond acceptors (Lipinski definition) is 20. The van der Waals surface area contributed by atoms with Crippen LogP contribution in [0.25, 0.3) is 0 Å². The van der Waals surface area contributed by atoms with Gasteiger partial charge in [0, 0.05) is 88.7 Å². The van der Waals surface area contributed by atoms with E-state index < -0.39 is 23.9 Å². The standard InChI is InChI=1S/C40H54ClN5O5S.C40H48ClN5O5S/c2*1-26-33(43-40(52-26)29-12-6-3-7-13-29)23-37(48)46-24-32(50-25-28-15-17-31(41)18-16-28)22-34(46)35(47)21-30(14-8-9-19-42)38(49)39-44-36(51-45-39)20-27-10-4-2-5-11-27/h15-18,27,29-30,32,34H,2-14,19-25,42H2,1H3;2,4-5,10-11,15-18,29-30,32,34H,3,6-9,12-14,19-25,42H2,1H3/t2*30-,32-,34+/m11/s1. The number of halogens is 2. The summed E-state index contributed by atoms with van der Waals surface area (Å²) in [6.45, 7) is 6.27. The van der Waals surface area contributed by atoms with Gasteiger partial charge in [-0.25, -0.2) is 9.97 Å². The monoisotopic (exact) mass is 1500 g/mol. The Hall–Kier alpha value is -6.76. The first-order valence-electron chi connectivity index (χ1n) is 38.0. The topological polar surface area (TPSA) is 283 Å². The highest BCUT2D eigenvalue weighted by molar-refractivity contribution is 7.12. The molecule has 3 saturated carbocycles. The fourth-order valence-electron chi connectivity index (χ4n) is 15.5. The van der Waals surface area contributed by atoms with Crippen LogP contribution in [0, 0.1) is 31.6 Å². The largest absolute Gasteiger partial charge is 0.372 e. The Morgan fingerprint density at radius 3 is 1.39 bits per heavy atom. The molecule has 4 aromatic heterocycles. The number of nitrogens with two attached hydrogens (primary N) is 2. The molecular formula is C80H102Cl2N10O10S2. The Kier molecular flexibility index (Phi) is 29.5. The van der Waals surface area contributed by atoms with Crippen molar-refractivity contribution in [3.05, 3.63) is 160 Å². The van der Waals surface area contributed by atoms with Gasteiger partial charge >= 0.3 is 0 Å². The van der Waals surface area contributed by atoms with E-state index in [1.807, 2.05) is 92.7 Å². The minimum atomic E-state index is -0.733. The van der Waals surface area contributed by atoms with Crippen LogP contribution in [0.3, 0.4) is 0 Å². The molecule has 5 fully saturated rings. The van der Waals surface area contributed by atoms with E-state index >= 15 is 0 Å². The van der Waals surface area contributed by atoms with Crippen molar-refractivity contribution in [2.75, 3.05) is 26.2 Å². The molecule has 558 valence electrons.